The number of hydrogen-bond donors (Lipinski definition) is 1. The molecule has 1 aromatic rings. The van der Waals surface area contributed by atoms with Crippen molar-refractivity contribution in [2.45, 2.75) is 13.3 Å². The average molecular weight is 250 g/mol. The third-order valence-electron chi connectivity index (χ3n) is 1.21. The topological polar surface area (TPSA) is 45.8 Å². The van der Waals surface area contributed by atoms with Crippen LogP contribution in [0, 0.1) is 3.70 Å². The summed E-state index contributed by atoms with van der Waals surface area (Å²) < 4.78 is 0.891. The SMILES string of the molecule is CCc1[nH]c(C=O)nc1I. The molecule has 1 N–H and O–H groups in total. The minimum Gasteiger partial charge on any atom is -0.339 e. The van der Waals surface area contributed by atoms with Gasteiger partial charge in [0.15, 0.2) is 12.1 Å². The molecule has 0 saturated carbocycles. The highest BCUT2D eigenvalue weighted by atomic mass is 127. The van der Waals surface area contributed by atoms with Crippen LogP contribution in [-0.4, -0.2) is 16.3 Å². The first-order chi connectivity index (χ1) is 4.77. The third-order valence-corrected chi connectivity index (χ3v) is 2.10. The highest BCUT2D eigenvalue weighted by molar-refractivity contribution is 14.1. The lowest BCUT2D eigenvalue weighted by Gasteiger charge is -1.85. The number of imidazole rings is 1. The van der Waals surface area contributed by atoms with Crippen molar-refractivity contribution in [1.82, 2.24) is 9.97 Å². The van der Waals surface area contributed by atoms with Gasteiger partial charge in [0, 0.05) is 5.69 Å². The van der Waals surface area contributed by atoms with Crippen LogP contribution in [0.5, 0.6) is 0 Å². The molecule has 3 nitrogen and oxygen atoms in total. The fourth-order valence-corrected chi connectivity index (χ4v) is 1.47. The maximum atomic E-state index is 10.2. The molecule has 0 bridgehead atoms. The van der Waals surface area contributed by atoms with Crippen LogP contribution in [0.2, 0.25) is 0 Å². The van der Waals surface area contributed by atoms with Crippen LogP contribution >= 0.6 is 22.6 Å². The summed E-state index contributed by atoms with van der Waals surface area (Å²) in [5.41, 5.74) is 1.03. The molecule has 0 amide bonds. The van der Waals surface area contributed by atoms with Crippen molar-refractivity contribution in [1.29, 1.82) is 0 Å². The van der Waals surface area contributed by atoms with E-state index in [1.54, 1.807) is 0 Å². The van der Waals surface area contributed by atoms with Gasteiger partial charge in [-0.2, -0.15) is 0 Å². The van der Waals surface area contributed by atoms with E-state index in [1.165, 1.54) is 0 Å². The van der Waals surface area contributed by atoms with Crippen LogP contribution in [0.25, 0.3) is 0 Å². The summed E-state index contributed by atoms with van der Waals surface area (Å²) in [6.07, 6.45) is 1.61. The number of halogens is 1. The molecule has 54 valence electrons. The number of aldehydes is 1. The van der Waals surface area contributed by atoms with Gasteiger partial charge in [-0.15, -0.1) is 0 Å². The standard InChI is InChI=1S/C6H7IN2O/c1-2-4-6(7)9-5(3-10)8-4/h3H,2H2,1H3,(H,8,9). The summed E-state index contributed by atoms with van der Waals surface area (Å²) in [5.74, 6) is 0.418. The van der Waals surface area contributed by atoms with E-state index < -0.39 is 0 Å². The molecule has 1 heterocycles. The van der Waals surface area contributed by atoms with Gasteiger partial charge in [0.1, 0.15) is 3.70 Å². The number of hydrogen-bond acceptors (Lipinski definition) is 2. The van der Waals surface area contributed by atoms with Crippen molar-refractivity contribution in [2.75, 3.05) is 0 Å². The minimum atomic E-state index is 0.418. The molecule has 4 heteroatoms. The van der Waals surface area contributed by atoms with Crippen molar-refractivity contribution < 1.29 is 4.79 Å². The molecule has 0 aliphatic carbocycles. The number of carbonyl (C=O) groups is 1. The molecule has 0 spiro atoms. The van der Waals surface area contributed by atoms with E-state index in [0.29, 0.717) is 5.82 Å². The highest BCUT2D eigenvalue weighted by Gasteiger charge is 2.02. The van der Waals surface area contributed by atoms with Crippen LogP contribution in [-0.2, 0) is 6.42 Å². The molecular weight excluding hydrogens is 243 g/mol. The van der Waals surface area contributed by atoms with Gasteiger partial charge in [0.25, 0.3) is 0 Å². The van der Waals surface area contributed by atoms with Gasteiger partial charge < -0.3 is 4.98 Å². The van der Waals surface area contributed by atoms with Crippen molar-refractivity contribution >= 4 is 28.9 Å². The van der Waals surface area contributed by atoms with Gasteiger partial charge in [0.05, 0.1) is 0 Å². The number of carbonyl (C=O) groups excluding carboxylic acids is 1. The summed E-state index contributed by atoms with van der Waals surface area (Å²) >= 11 is 2.10. The second-order valence-corrected chi connectivity index (χ2v) is 2.88. The quantitative estimate of drug-likeness (QED) is 0.636. The smallest absolute Gasteiger partial charge is 0.185 e. The number of nitrogens with one attached hydrogen (secondary N) is 1. The monoisotopic (exact) mass is 250 g/mol. The Kier molecular flexibility index (Phi) is 2.42. The number of rotatable bonds is 2. The maximum Gasteiger partial charge on any atom is 0.185 e. The van der Waals surface area contributed by atoms with Gasteiger partial charge in [0.2, 0.25) is 0 Å². The molecule has 1 rings (SSSR count). The minimum absolute atomic E-state index is 0.418. The second kappa shape index (κ2) is 3.14. The van der Waals surface area contributed by atoms with Crippen LogP contribution < -0.4 is 0 Å². The Hall–Kier alpha value is -0.390. The Balaban J connectivity index is 3.03. The highest BCUT2D eigenvalue weighted by Crippen LogP contribution is 2.08. The molecule has 0 unspecified atom stereocenters. The van der Waals surface area contributed by atoms with Gasteiger partial charge in [-0.25, -0.2) is 4.98 Å². The van der Waals surface area contributed by atoms with Crippen molar-refractivity contribution in [3.05, 3.63) is 15.2 Å². The normalized spacial score (nSPS) is 9.80. The van der Waals surface area contributed by atoms with Gasteiger partial charge in [-0.1, -0.05) is 6.92 Å². The molecule has 0 atom stereocenters. The van der Waals surface area contributed by atoms with E-state index in [1.807, 2.05) is 6.92 Å². The largest absolute Gasteiger partial charge is 0.339 e. The van der Waals surface area contributed by atoms with Crippen LogP contribution in [0.15, 0.2) is 0 Å². The summed E-state index contributed by atoms with van der Waals surface area (Å²) in [6.45, 7) is 2.02. The summed E-state index contributed by atoms with van der Waals surface area (Å²) in [7, 11) is 0. The maximum absolute atomic E-state index is 10.2. The molecule has 10 heavy (non-hydrogen) atoms. The first-order valence-electron chi connectivity index (χ1n) is 2.97. The fourth-order valence-electron chi connectivity index (χ4n) is 0.697. The van der Waals surface area contributed by atoms with E-state index in [9.17, 15) is 4.79 Å². The Morgan fingerprint density at radius 3 is 2.80 bits per heavy atom. The fraction of sp³-hybridized carbons (Fsp3) is 0.333. The zero-order valence-electron chi connectivity index (χ0n) is 5.52. The summed E-state index contributed by atoms with van der Waals surface area (Å²) in [6, 6.07) is 0. The number of aryl methyl sites for hydroxylation is 1. The van der Waals surface area contributed by atoms with Crippen LogP contribution in [0.1, 0.15) is 23.2 Å². The Bertz CT molecular complexity index is 244. The average Bonchev–Trinajstić information content (AvgIpc) is 2.30. The molecule has 0 saturated heterocycles. The molecule has 1 aromatic heterocycles. The first-order valence-corrected chi connectivity index (χ1v) is 4.05. The lowest BCUT2D eigenvalue weighted by molar-refractivity contribution is 0.111. The Morgan fingerprint density at radius 1 is 1.80 bits per heavy atom. The second-order valence-electron chi connectivity index (χ2n) is 1.86. The lowest BCUT2D eigenvalue weighted by atomic mass is 10.4. The van der Waals surface area contributed by atoms with Crippen molar-refractivity contribution in [3.63, 3.8) is 0 Å². The first kappa shape index (κ1) is 7.71. The molecule has 0 radical (unpaired) electrons. The molecule has 0 aromatic carbocycles. The van der Waals surface area contributed by atoms with Gasteiger partial charge >= 0.3 is 0 Å². The molecule has 0 aliphatic rings. The summed E-state index contributed by atoms with van der Waals surface area (Å²) in [4.78, 5) is 17.0. The van der Waals surface area contributed by atoms with Crippen molar-refractivity contribution in [2.24, 2.45) is 0 Å². The van der Waals surface area contributed by atoms with E-state index >= 15 is 0 Å². The predicted molar refractivity (Wildman–Crippen MR) is 46.1 cm³/mol. The van der Waals surface area contributed by atoms with E-state index in [2.05, 4.69) is 32.6 Å². The zero-order chi connectivity index (χ0) is 7.56. The lowest BCUT2D eigenvalue weighted by Crippen LogP contribution is -1.82. The predicted octanol–water partition coefficient (Wildman–Crippen LogP) is 1.39. The number of nitrogens with zero attached hydrogens (tertiary/aromatic N) is 1. The Morgan fingerprint density at radius 2 is 2.50 bits per heavy atom. The number of aromatic nitrogens is 2. The summed E-state index contributed by atoms with van der Waals surface area (Å²) in [5, 5.41) is 0. The van der Waals surface area contributed by atoms with Crippen molar-refractivity contribution in [3.8, 4) is 0 Å². The molecule has 0 aliphatic heterocycles. The van der Waals surface area contributed by atoms with E-state index in [0.717, 1.165) is 22.1 Å². The van der Waals surface area contributed by atoms with Gasteiger partial charge in [-0.05, 0) is 29.0 Å². The van der Waals surface area contributed by atoms with Crippen LogP contribution in [0.3, 0.4) is 0 Å². The number of aromatic amines is 1. The molecular formula is C6H7IN2O. The van der Waals surface area contributed by atoms with Gasteiger partial charge in [-0.3, -0.25) is 4.79 Å². The van der Waals surface area contributed by atoms with E-state index in [4.69, 9.17) is 0 Å². The van der Waals surface area contributed by atoms with E-state index in [-0.39, 0.29) is 0 Å². The third kappa shape index (κ3) is 1.36. The molecule has 0 fully saturated rings. The number of H-pyrrole nitrogens is 1. The zero-order valence-corrected chi connectivity index (χ0v) is 7.68. The van der Waals surface area contributed by atoms with Crippen LogP contribution in [0.4, 0.5) is 0 Å². The Labute approximate surface area is 72.4 Å².